The number of para-hydroxylation sites is 1. The van der Waals surface area contributed by atoms with Crippen LogP contribution in [-0.2, 0) is 25.6 Å². The Morgan fingerprint density at radius 1 is 1.04 bits per heavy atom. The first-order valence-corrected chi connectivity index (χ1v) is 16.9. The maximum absolute atomic E-state index is 13.7. The molecule has 2 aliphatic rings. The number of nitro groups is 1. The number of nitrogens with zero attached hydrogens (tertiary/aromatic N) is 6. The summed E-state index contributed by atoms with van der Waals surface area (Å²) >= 11 is 5.15. The lowest BCUT2D eigenvalue weighted by Crippen LogP contribution is -2.59. The topological polar surface area (TPSA) is 167 Å². The number of halogens is 6. The highest BCUT2D eigenvalue weighted by atomic mass is 32.2. The fraction of sp³-hybridized carbons (Fsp3) is 0.400. The van der Waals surface area contributed by atoms with Gasteiger partial charge in [0.1, 0.15) is 4.91 Å². The van der Waals surface area contributed by atoms with Crippen molar-refractivity contribution in [3.05, 3.63) is 81.2 Å². The van der Waals surface area contributed by atoms with E-state index in [4.69, 9.17) is 12.2 Å². The van der Waals surface area contributed by atoms with Crippen LogP contribution in [-0.4, -0.2) is 96.8 Å². The van der Waals surface area contributed by atoms with Gasteiger partial charge in [-0.1, -0.05) is 30.4 Å². The van der Waals surface area contributed by atoms with Crippen LogP contribution >= 0.6 is 12.2 Å². The van der Waals surface area contributed by atoms with Gasteiger partial charge in [-0.2, -0.15) is 30.6 Å². The number of aromatic nitrogens is 2. The van der Waals surface area contributed by atoms with Gasteiger partial charge in [-0.25, -0.2) is 26.8 Å². The minimum Gasteiger partial charge on any atom is -0.369 e. The van der Waals surface area contributed by atoms with Gasteiger partial charge in [-0.05, 0) is 18.2 Å². The lowest BCUT2D eigenvalue weighted by molar-refractivity contribution is -0.419. The highest BCUT2D eigenvalue weighted by Gasteiger charge is 2.71. The van der Waals surface area contributed by atoms with Gasteiger partial charge < -0.3 is 10.0 Å². The standard InChI is InChI=1S/C25H24F6N6O7S3/c1-46(41,42)36(17-5-3-2-4-6-17)15-19-14-34(47(43,44)21-11-18(37(39)40)7-8-20(21)45)9-10-35(19)22-32-12-16(13-33-22)23(38,24(26,27)28)25(29,30)31/h2-7,11-13,19,38H,8-10,14-15H2,1H3/t19-/m1/s1. The van der Waals surface area contributed by atoms with Crippen LogP contribution in [0.3, 0.4) is 0 Å². The van der Waals surface area contributed by atoms with Gasteiger partial charge in [-0.3, -0.25) is 14.4 Å². The summed E-state index contributed by atoms with van der Waals surface area (Å²) in [4.78, 5) is 18.3. The van der Waals surface area contributed by atoms with Crippen molar-refractivity contribution in [3.63, 3.8) is 0 Å². The van der Waals surface area contributed by atoms with Gasteiger partial charge in [0.2, 0.25) is 26.0 Å². The van der Waals surface area contributed by atoms with E-state index in [-0.39, 0.29) is 35.9 Å². The summed E-state index contributed by atoms with van der Waals surface area (Å²) in [7, 11) is -8.63. The Labute approximate surface area is 269 Å². The Morgan fingerprint density at radius 2 is 1.62 bits per heavy atom. The molecule has 256 valence electrons. The van der Waals surface area contributed by atoms with Crippen molar-refractivity contribution < 1.29 is 53.2 Å². The number of sulfonamides is 2. The number of benzene rings is 1. The van der Waals surface area contributed by atoms with E-state index < -0.39 is 90.7 Å². The fourth-order valence-electron chi connectivity index (χ4n) is 4.88. The van der Waals surface area contributed by atoms with Gasteiger partial charge in [0.25, 0.3) is 11.3 Å². The first-order chi connectivity index (χ1) is 21.6. The summed E-state index contributed by atoms with van der Waals surface area (Å²) in [5, 5.41) is 21.0. The average Bonchev–Trinajstić information content (AvgIpc) is 2.98. The molecule has 1 atom stereocenters. The molecule has 22 heteroatoms. The maximum atomic E-state index is 13.7. The van der Waals surface area contributed by atoms with Crippen LogP contribution in [0.25, 0.3) is 0 Å². The van der Waals surface area contributed by atoms with Crippen molar-refractivity contribution in [1.29, 1.82) is 0 Å². The Morgan fingerprint density at radius 3 is 2.13 bits per heavy atom. The molecule has 1 aliphatic carbocycles. The first-order valence-electron chi connectivity index (χ1n) is 13.2. The molecule has 1 saturated heterocycles. The average molecular weight is 731 g/mol. The third-order valence-electron chi connectivity index (χ3n) is 7.28. The summed E-state index contributed by atoms with van der Waals surface area (Å²) < 4.78 is 135. The molecule has 1 aromatic carbocycles. The van der Waals surface area contributed by atoms with Crippen LogP contribution in [0.5, 0.6) is 0 Å². The summed E-state index contributed by atoms with van der Waals surface area (Å²) in [5.41, 5.74) is -7.43. The van der Waals surface area contributed by atoms with Gasteiger partial charge >= 0.3 is 12.4 Å². The van der Waals surface area contributed by atoms with Gasteiger partial charge in [0.15, 0.2) is 0 Å². The second kappa shape index (κ2) is 12.7. The van der Waals surface area contributed by atoms with Crippen LogP contribution in [0.1, 0.15) is 12.0 Å². The van der Waals surface area contributed by atoms with E-state index in [9.17, 15) is 58.4 Å². The zero-order chi connectivity index (χ0) is 35.2. The van der Waals surface area contributed by atoms with Crippen molar-refractivity contribution in [2.45, 2.75) is 30.4 Å². The lowest BCUT2D eigenvalue weighted by atomic mass is 9.95. The molecule has 1 aliphatic heterocycles. The number of aliphatic hydroxyl groups is 1. The normalized spacial score (nSPS) is 18.9. The van der Waals surface area contributed by atoms with E-state index in [1.54, 1.807) is 6.07 Å². The van der Waals surface area contributed by atoms with Crippen LogP contribution in [0.2, 0.25) is 0 Å². The Balaban J connectivity index is 1.77. The number of anilines is 2. The highest BCUT2D eigenvalue weighted by molar-refractivity contribution is 7.96. The van der Waals surface area contributed by atoms with Gasteiger partial charge in [-0.15, -0.1) is 0 Å². The van der Waals surface area contributed by atoms with E-state index in [2.05, 4.69) is 9.97 Å². The zero-order valence-electron chi connectivity index (χ0n) is 23.9. The SMILES string of the molecule is CS(=O)(=O)N(C[C@H]1CN(S(=O)(=O)C2=CC([N+](=O)[O-])=CCC2=S)CCN1c1ncc(C(O)(C(F)(F)F)C(F)(F)F)cn1)c1ccccc1. The minimum atomic E-state index is -6.21. The monoisotopic (exact) mass is 730 g/mol. The number of hydrogen-bond acceptors (Lipinski definition) is 11. The van der Waals surface area contributed by atoms with E-state index >= 15 is 0 Å². The number of rotatable bonds is 9. The highest BCUT2D eigenvalue weighted by Crippen LogP contribution is 2.49. The molecule has 0 radical (unpaired) electrons. The van der Waals surface area contributed by atoms with Crippen molar-refractivity contribution >= 4 is 48.8 Å². The molecule has 13 nitrogen and oxygen atoms in total. The number of thiocarbonyl (C=S) groups is 1. The largest absolute Gasteiger partial charge is 0.430 e. The second-order valence-corrected chi connectivity index (χ2v) is 14.6. The number of hydrogen-bond donors (Lipinski definition) is 1. The molecule has 0 saturated carbocycles. The van der Waals surface area contributed by atoms with Crippen molar-refractivity contribution in [2.24, 2.45) is 0 Å². The van der Waals surface area contributed by atoms with Crippen molar-refractivity contribution in [1.82, 2.24) is 14.3 Å². The van der Waals surface area contributed by atoms with E-state index in [0.29, 0.717) is 0 Å². The summed E-state index contributed by atoms with van der Waals surface area (Å²) in [6, 6.07) is 6.26. The van der Waals surface area contributed by atoms with Crippen LogP contribution in [0.15, 0.2) is 65.5 Å². The first kappa shape index (κ1) is 36.1. The molecule has 2 heterocycles. The quantitative estimate of drug-likeness (QED) is 0.175. The predicted molar refractivity (Wildman–Crippen MR) is 159 cm³/mol. The molecule has 0 spiro atoms. The molecule has 0 bridgehead atoms. The van der Waals surface area contributed by atoms with Gasteiger partial charge in [0, 0.05) is 55.0 Å². The summed E-state index contributed by atoms with van der Waals surface area (Å²) in [5.74, 6) is -0.505. The molecule has 1 aromatic heterocycles. The molecular weight excluding hydrogens is 706 g/mol. The molecule has 47 heavy (non-hydrogen) atoms. The molecule has 4 rings (SSSR count). The third kappa shape index (κ3) is 7.10. The smallest absolute Gasteiger partial charge is 0.369 e. The lowest BCUT2D eigenvalue weighted by Gasteiger charge is -2.43. The van der Waals surface area contributed by atoms with Crippen LogP contribution in [0.4, 0.5) is 38.0 Å². The van der Waals surface area contributed by atoms with Crippen LogP contribution < -0.4 is 9.21 Å². The predicted octanol–water partition coefficient (Wildman–Crippen LogP) is 2.89. The zero-order valence-corrected chi connectivity index (χ0v) is 26.3. The maximum Gasteiger partial charge on any atom is 0.430 e. The number of allylic oxidation sites excluding steroid dienone is 3. The Hall–Kier alpha value is -3.73. The number of alkyl halides is 6. The van der Waals surface area contributed by atoms with E-state index in [1.165, 1.54) is 29.2 Å². The van der Waals surface area contributed by atoms with E-state index in [1.807, 2.05) is 0 Å². The van der Waals surface area contributed by atoms with Crippen molar-refractivity contribution in [3.8, 4) is 0 Å². The van der Waals surface area contributed by atoms with Crippen LogP contribution in [0, 0.1) is 10.1 Å². The molecule has 1 N–H and O–H groups in total. The summed E-state index contributed by atoms with van der Waals surface area (Å²) in [6.45, 7) is -1.82. The third-order valence-corrected chi connectivity index (χ3v) is 10.9. The molecular formula is C25H24F6N6O7S3. The molecule has 1 fully saturated rings. The molecule has 0 unspecified atom stereocenters. The fourth-order valence-corrected chi connectivity index (χ4v) is 7.90. The molecule has 2 aromatic rings. The summed E-state index contributed by atoms with van der Waals surface area (Å²) in [6.07, 6.45) is -9.62. The van der Waals surface area contributed by atoms with E-state index in [0.717, 1.165) is 27.0 Å². The Kier molecular flexibility index (Phi) is 9.76. The molecule has 0 amide bonds. The Bertz CT molecular complexity index is 1810. The second-order valence-electron chi connectivity index (χ2n) is 10.3. The number of piperazine rings is 1. The van der Waals surface area contributed by atoms with Gasteiger partial charge in [0.05, 0.1) is 29.5 Å². The minimum absolute atomic E-state index is 0.117. The van der Waals surface area contributed by atoms with Crippen molar-refractivity contribution in [2.75, 3.05) is 41.6 Å².